The van der Waals surface area contributed by atoms with Crippen LogP contribution in [0.5, 0.6) is 0 Å². The maximum absolute atomic E-state index is 5.25. The van der Waals surface area contributed by atoms with Crippen molar-refractivity contribution in [3.05, 3.63) is 205 Å². The summed E-state index contributed by atoms with van der Waals surface area (Å²) < 4.78 is 2.37. The van der Waals surface area contributed by atoms with Crippen LogP contribution in [0.4, 0.5) is 0 Å². The number of nitrogens with zero attached hydrogens (tertiary/aromatic N) is 4. The molecule has 4 heteroatoms. The predicted octanol–water partition coefficient (Wildman–Crippen LogP) is 13.6. The molecule has 8 aromatic carbocycles. The maximum atomic E-state index is 5.25. The van der Waals surface area contributed by atoms with Crippen LogP contribution in [-0.2, 0) is 5.41 Å². The highest BCUT2D eigenvalue weighted by Crippen LogP contribution is 2.50. The molecule has 0 amide bonds. The van der Waals surface area contributed by atoms with E-state index >= 15 is 0 Å². The Balaban J connectivity index is 1.11. The summed E-state index contributed by atoms with van der Waals surface area (Å²) in [5, 5.41) is 2.32. The fourth-order valence-corrected chi connectivity index (χ4v) is 8.94. The molecule has 0 aliphatic heterocycles. The molecule has 2 heterocycles. The number of rotatable bonds is 6. The molecule has 11 rings (SSSR count). The molecule has 0 atom stereocenters. The lowest BCUT2D eigenvalue weighted by Crippen LogP contribution is -2.14. The Morgan fingerprint density at radius 1 is 0.362 bits per heavy atom. The topological polar surface area (TPSA) is 43.6 Å². The zero-order valence-electron chi connectivity index (χ0n) is 32.3. The predicted molar refractivity (Wildman–Crippen MR) is 239 cm³/mol. The van der Waals surface area contributed by atoms with Gasteiger partial charge >= 0.3 is 0 Å². The molecular weight excluding hydrogens is 705 g/mol. The first-order valence-electron chi connectivity index (χ1n) is 19.9. The van der Waals surface area contributed by atoms with Gasteiger partial charge in [-0.05, 0) is 80.9 Å². The molecule has 0 fully saturated rings. The van der Waals surface area contributed by atoms with Crippen molar-refractivity contribution >= 4 is 21.8 Å². The largest absolute Gasteiger partial charge is 0.308 e. The molecular formula is C54H38N4. The average Bonchev–Trinajstić information content (AvgIpc) is 3.75. The summed E-state index contributed by atoms with van der Waals surface area (Å²) in [6.07, 6.45) is 0. The summed E-state index contributed by atoms with van der Waals surface area (Å²) in [7, 11) is 0. The van der Waals surface area contributed by atoms with Gasteiger partial charge < -0.3 is 4.57 Å². The Hall–Kier alpha value is -7.43. The third-order valence-electron chi connectivity index (χ3n) is 11.9. The van der Waals surface area contributed by atoms with Crippen LogP contribution in [0.3, 0.4) is 0 Å². The van der Waals surface area contributed by atoms with Crippen molar-refractivity contribution in [1.29, 1.82) is 0 Å². The van der Waals surface area contributed by atoms with E-state index in [1.165, 1.54) is 44.3 Å². The fraction of sp³-hybridized carbons (Fsp3) is 0.0556. The SMILES string of the molecule is CC1(C)c2ccccc2-c2ccc(-c3ccc4c(c3)c3cccc(-c5nc(-c6ccccc6)nc(-c6ccc(-c7ccccc7)cc6)n5)c3n4-c3ccccc3)cc21. The summed E-state index contributed by atoms with van der Waals surface area (Å²) in [6.45, 7) is 4.68. The minimum atomic E-state index is -0.0732. The molecule has 274 valence electrons. The second-order valence-electron chi connectivity index (χ2n) is 15.7. The first-order valence-corrected chi connectivity index (χ1v) is 19.9. The van der Waals surface area contributed by atoms with Gasteiger partial charge in [-0.15, -0.1) is 0 Å². The van der Waals surface area contributed by atoms with E-state index in [-0.39, 0.29) is 5.41 Å². The molecule has 1 aliphatic rings. The summed E-state index contributed by atoms with van der Waals surface area (Å²) in [6, 6.07) is 69.0. The lowest BCUT2D eigenvalue weighted by atomic mass is 9.81. The Kier molecular flexibility index (Phi) is 7.80. The standard InChI is InChI=1S/C54H38N4/c1-54(2)47-24-13-12-21-42(47)43-31-29-40(34-48(43)54)39-30-32-49-46(33-39)44-22-14-23-45(50(44)58(49)41-19-10-5-11-20-41)53-56-51(37-17-8-4-9-18-37)55-52(57-53)38-27-25-36(26-28-38)35-15-6-3-7-16-35/h3-34H,1-2H3. The molecule has 0 saturated heterocycles. The summed E-state index contributed by atoms with van der Waals surface area (Å²) in [5.41, 5.74) is 16.1. The van der Waals surface area contributed by atoms with Crippen LogP contribution in [-0.4, -0.2) is 19.5 Å². The Bertz CT molecular complexity index is 3160. The second-order valence-corrected chi connectivity index (χ2v) is 15.7. The van der Waals surface area contributed by atoms with Gasteiger partial charge in [-0.2, -0.15) is 0 Å². The first-order chi connectivity index (χ1) is 28.5. The minimum absolute atomic E-state index is 0.0732. The van der Waals surface area contributed by atoms with Gasteiger partial charge in [0.15, 0.2) is 17.5 Å². The van der Waals surface area contributed by atoms with Gasteiger partial charge in [0, 0.05) is 38.6 Å². The Morgan fingerprint density at radius 2 is 0.879 bits per heavy atom. The molecule has 0 radical (unpaired) electrons. The average molecular weight is 743 g/mol. The van der Waals surface area contributed by atoms with Crippen LogP contribution < -0.4 is 0 Å². The highest BCUT2D eigenvalue weighted by atomic mass is 15.0. The van der Waals surface area contributed by atoms with Crippen molar-refractivity contribution in [2.45, 2.75) is 19.3 Å². The van der Waals surface area contributed by atoms with Crippen molar-refractivity contribution in [1.82, 2.24) is 19.5 Å². The molecule has 0 saturated carbocycles. The highest BCUT2D eigenvalue weighted by molar-refractivity contribution is 6.14. The molecule has 58 heavy (non-hydrogen) atoms. The number of aromatic nitrogens is 4. The number of para-hydroxylation sites is 2. The van der Waals surface area contributed by atoms with Gasteiger partial charge in [0.2, 0.25) is 0 Å². The molecule has 0 N–H and O–H groups in total. The van der Waals surface area contributed by atoms with E-state index in [1.807, 2.05) is 24.3 Å². The van der Waals surface area contributed by atoms with E-state index in [4.69, 9.17) is 15.0 Å². The van der Waals surface area contributed by atoms with Gasteiger partial charge in [0.05, 0.1) is 11.0 Å². The quantitative estimate of drug-likeness (QED) is 0.170. The van der Waals surface area contributed by atoms with Crippen LogP contribution in [0.1, 0.15) is 25.0 Å². The van der Waals surface area contributed by atoms with Crippen molar-refractivity contribution < 1.29 is 0 Å². The third-order valence-corrected chi connectivity index (χ3v) is 11.9. The van der Waals surface area contributed by atoms with Crippen molar-refractivity contribution in [2.24, 2.45) is 0 Å². The van der Waals surface area contributed by atoms with E-state index in [2.05, 4.69) is 188 Å². The van der Waals surface area contributed by atoms with Gasteiger partial charge in [0.25, 0.3) is 0 Å². The van der Waals surface area contributed by atoms with Crippen LogP contribution >= 0.6 is 0 Å². The zero-order chi connectivity index (χ0) is 38.8. The Morgan fingerprint density at radius 3 is 1.62 bits per heavy atom. The second kappa shape index (κ2) is 13.4. The van der Waals surface area contributed by atoms with E-state index in [9.17, 15) is 0 Å². The van der Waals surface area contributed by atoms with Crippen LogP contribution in [0.15, 0.2) is 194 Å². The minimum Gasteiger partial charge on any atom is -0.308 e. The van der Waals surface area contributed by atoms with Crippen LogP contribution in [0, 0.1) is 0 Å². The highest BCUT2D eigenvalue weighted by Gasteiger charge is 2.35. The van der Waals surface area contributed by atoms with Crippen molar-refractivity contribution in [3.63, 3.8) is 0 Å². The molecule has 0 unspecified atom stereocenters. The number of fused-ring (bicyclic) bond motifs is 6. The molecule has 1 aliphatic carbocycles. The number of hydrogen-bond acceptors (Lipinski definition) is 3. The van der Waals surface area contributed by atoms with Gasteiger partial charge in [-0.1, -0.05) is 172 Å². The molecule has 10 aromatic rings. The number of hydrogen-bond donors (Lipinski definition) is 0. The van der Waals surface area contributed by atoms with Gasteiger partial charge in [-0.3, -0.25) is 0 Å². The Labute approximate surface area is 337 Å². The van der Waals surface area contributed by atoms with E-state index in [0.29, 0.717) is 17.5 Å². The normalized spacial score (nSPS) is 12.8. The van der Waals surface area contributed by atoms with Gasteiger partial charge in [0.1, 0.15) is 0 Å². The lowest BCUT2D eigenvalue weighted by Gasteiger charge is -2.22. The van der Waals surface area contributed by atoms with Crippen LogP contribution in [0.2, 0.25) is 0 Å². The summed E-state index contributed by atoms with van der Waals surface area (Å²) in [4.78, 5) is 15.5. The lowest BCUT2D eigenvalue weighted by molar-refractivity contribution is 0.660. The van der Waals surface area contributed by atoms with Crippen molar-refractivity contribution in [3.8, 4) is 73.2 Å². The van der Waals surface area contributed by atoms with E-state index < -0.39 is 0 Å². The molecule has 0 spiro atoms. The van der Waals surface area contributed by atoms with Crippen LogP contribution in [0.25, 0.3) is 95.0 Å². The molecule has 0 bridgehead atoms. The van der Waals surface area contributed by atoms with E-state index in [1.54, 1.807) is 0 Å². The zero-order valence-corrected chi connectivity index (χ0v) is 32.3. The molecule has 4 nitrogen and oxygen atoms in total. The van der Waals surface area contributed by atoms with Crippen molar-refractivity contribution in [2.75, 3.05) is 0 Å². The monoisotopic (exact) mass is 742 g/mol. The summed E-state index contributed by atoms with van der Waals surface area (Å²) in [5.74, 6) is 1.89. The smallest absolute Gasteiger partial charge is 0.166 e. The van der Waals surface area contributed by atoms with Gasteiger partial charge in [-0.25, -0.2) is 15.0 Å². The van der Waals surface area contributed by atoms with E-state index in [0.717, 1.165) is 44.4 Å². The first kappa shape index (κ1) is 33.9. The fourth-order valence-electron chi connectivity index (χ4n) is 8.94. The summed E-state index contributed by atoms with van der Waals surface area (Å²) >= 11 is 0. The molecule has 2 aromatic heterocycles. The number of benzene rings is 8. The maximum Gasteiger partial charge on any atom is 0.166 e. The third kappa shape index (κ3) is 5.48.